The summed E-state index contributed by atoms with van der Waals surface area (Å²) in [5, 5.41) is 0. The van der Waals surface area contributed by atoms with Gasteiger partial charge in [0.1, 0.15) is 5.75 Å². The lowest BCUT2D eigenvalue weighted by atomic mass is 10.3. The first-order valence-electron chi connectivity index (χ1n) is 3.88. The van der Waals surface area contributed by atoms with Gasteiger partial charge in [0, 0.05) is 6.26 Å². The van der Waals surface area contributed by atoms with Crippen molar-refractivity contribution in [3.63, 3.8) is 0 Å². The number of methoxy groups -OCH3 is 1. The Morgan fingerprint density at radius 3 is 2.43 bits per heavy atom. The number of thiol groups is 1. The Morgan fingerprint density at radius 1 is 1.43 bits per heavy atom. The van der Waals surface area contributed by atoms with Crippen LogP contribution in [-0.2, 0) is 10.7 Å². The molecule has 76 valence electrons. The quantitative estimate of drug-likeness (QED) is 0.792. The van der Waals surface area contributed by atoms with Crippen LogP contribution in [0.3, 0.4) is 0 Å². The van der Waals surface area contributed by atoms with E-state index < -0.39 is 10.7 Å². The number of carbonyl (C=O) groups excluding carboxylic acids is 1. The fourth-order valence-corrected chi connectivity index (χ4v) is 1.48. The van der Waals surface area contributed by atoms with Crippen LogP contribution in [0.2, 0.25) is 0 Å². The molecule has 0 bridgehead atoms. The van der Waals surface area contributed by atoms with E-state index in [1.54, 1.807) is 37.6 Å². The molecule has 1 aromatic rings. The molecule has 0 saturated heterocycles. The third-order valence-corrected chi connectivity index (χ3v) is 3.35. The standard InChI is InChI=1S/C9H11NO2S2/c1-12-8-5-3-7(4-6-8)10-14(2)9(11)13/h3-6H,1-2H3,(H,11,13). The maximum atomic E-state index is 10.8. The zero-order valence-corrected chi connectivity index (χ0v) is 9.64. The van der Waals surface area contributed by atoms with Crippen molar-refractivity contribution in [2.75, 3.05) is 13.4 Å². The van der Waals surface area contributed by atoms with Crippen molar-refractivity contribution in [1.82, 2.24) is 0 Å². The van der Waals surface area contributed by atoms with Crippen LogP contribution in [0.15, 0.2) is 28.6 Å². The van der Waals surface area contributed by atoms with Gasteiger partial charge >= 0.3 is 0 Å². The molecular weight excluding hydrogens is 218 g/mol. The minimum Gasteiger partial charge on any atom is -0.497 e. The second-order valence-corrected chi connectivity index (χ2v) is 4.75. The number of ether oxygens (including phenoxy) is 1. The van der Waals surface area contributed by atoms with Crippen molar-refractivity contribution in [3.05, 3.63) is 24.3 Å². The molecule has 0 aliphatic heterocycles. The van der Waals surface area contributed by atoms with E-state index in [9.17, 15) is 4.79 Å². The molecule has 0 aromatic heterocycles. The molecular formula is C9H11NO2S2. The van der Waals surface area contributed by atoms with Gasteiger partial charge in [0.2, 0.25) is 0 Å². The van der Waals surface area contributed by atoms with Gasteiger partial charge in [-0.25, -0.2) is 4.36 Å². The van der Waals surface area contributed by atoms with E-state index in [-0.39, 0.29) is 4.45 Å². The highest BCUT2D eigenvalue weighted by atomic mass is 32.2. The van der Waals surface area contributed by atoms with Gasteiger partial charge in [0.25, 0.3) is 4.45 Å². The lowest BCUT2D eigenvalue weighted by Gasteiger charge is -1.99. The van der Waals surface area contributed by atoms with E-state index in [1.165, 1.54) is 0 Å². The largest absolute Gasteiger partial charge is 0.497 e. The summed E-state index contributed by atoms with van der Waals surface area (Å²) in [6.07, 6.45) is 1.74. The average Bonchev–Trinajstić information content (AvgIpc) is 2.19. The van der Waals surface area contributed by atoms with E-state index >= 15 is 0 Å². The molecule has 0 saturated carbocycles. The normalized spacial score (nSPS) is 12.5. The highest BCUT2D eigenvalue weighted by molar-refractivity contribution is 8.25. The van der Waals surface area contributed by atoms with Crippen molar-refractivity contribution in [2.45, 2.75) is 0 Å². The van der Waals surface area contributed by atoms with Crippen molar-refractivity contribution in [2.24, 2.45) is 4.36 Å². The van der Waals surface area contributed by atoms with Gasteiger partial charge in [-0.3, -0.25) is 4.79 Å². The number of hydrogen-bond acceptors (Lipinski definition) is 3. The molecule has 0 fully saturated rings. The summed E-state index contributed by atoms with van der Waals surface area (Å²) in [6, 6.07) is 7.22. The lowest BCUT2D eigenvalue weighted by Crippen LogP contribution is -1.91. The number of nitrogens with zero attached hydrogens (tertiary/aromatic N) is 1. The molecule has 1 aromatic carbocycles. The summed E-state index contributed by atoms with van der Waals surface area (Å²) < 4.78 is 8.97. The van der Waals surface area contributed by atoms with Crippen LogP contribution in [0.4, 0.5) is 10.5 Å². The third-order valence-electron chi connectivity index (χ3n) is 1.57. The van der Waals surface area contributed by atoms with Crippen LogP contribution < -0.4 is 4.74 Å². The summed E-state index contributed by atoms with van der Waals surface area (Å²) in [5.41, 5.74) is 0.763. The fraction of sp³-hybridized carbons (Fsp3) is 0.222. The molecule has 3 nitrogen and oxygen atoms in total. The highest BCUT2D eigenvalue weighted by Crippen LogP contribution is 2.18. The fourth-order valence-electron chi connectivity index (χ4n) is 0.840. The van der Waals surface area contributed by atoms with E-state index in [0.717, 1.165) is 11.4 Å². The van der Waals surface area contributed by atoms with Crippen LogP contribution in [-0.4, -0.2) is 17.8 Å². The Morgan fingerprint density at radius 2 is 2.00 bits per heavy atom. The Labute approximate surface area is 91.0 Å². The molecule has 0 radical (unpaired) electrons. The monoisotopic (exact) mass is 229 g/mol. The summed E-state index contributed by atoms with van der Waals surface area (Å²) >= 11 is 3.72. The molecule has 0 amide bonds. The van der Waals surface area contributed by atoms with E-state index in [1.807, 2.05) is 0 Å². The SMILES string of the molecule is COc1ccc(N=S(C)C(=O)S)cc1. The molecule has 0 aliphatic carbocycles. The second-order valence-electron chi connectivity index (χ2n) is 2.53. The maximum Gasteiger partial charge on any atom is 0.253 e. The van der Waals surface area contributed by atoms with Crippen LogP contribution >= 0.6 is 12.6 Å². The molecule has 0 heterocycles. The summed E-state index contributed by atoms with van der Waals surface area (Å²) in [4.78, 5) is 10.8. The van der Waals surface area contributed by atoms with Crippen LogP contribution in [0, 0.1) is 0 Å². The molecule has 0 spiro atoms. The third kappa shape index (κ3) is 3.16. The van der Waals surface area contributed by atoms with Crippen molar-refractivity contribution in [3.8, 4) is 5.75 Å². The average molecular weight is 229 g/mol. The summed E-state index contributed by atoms with van der Waals surface area (Å²) in [6.45, 7) is 0. The highest BCUT2D eigenvalue weighted by Gasteiger charge is 1.97. The Balaban J connectivity index is 2.88. The maximum absolute atomic E-state index is 10.8. The number of benzene rings is 1. The molecule has 1 atom stereocenters. The number of rotatable bonds is 2. The topological polar surface area (TPSA) is 38.7 Å². The van der Waals surface area contributed by atoms with Crippen molar-refractivity contribution >= 4 is 33.5 Å². The van der Waals surface area contributed by atoms with Crippen LogP contribution in [0.5, 0.6) is 5.75 Å². The first-order chi connectivity index (χ1) is 6.63. The zero-order valence-electron chi connectivity index (χ0n) is 7.93. The van der Waals surface area contributed by atoms with Gasteiger partial charge in [-0.15, -0.1) is 0 Å². The lowest BCUT2D eigenvalue weighted by molar-refractivity contribution is 0.276. The van der Waals surface area contributed by atoms with Gasteiger partial charge in [-0.2, -0.15) is 0 Å². The van der Waals surface area contributed by atoms with Gasteiger partial charge in [-0.05, 0) is 35.0 Å². The van der Waals surface area contributed by atoms with E-state index in [4.69, 9.17) is 4.74 Å². The molecule has 1 rings (SSSR count). The second kappa shape index (κ2) is 5.17. The van der Waals surface area contributed by atoms with Gasteiger partial charge in [-0.1, -0.05) is 12.6 Å². The summed E-state index contributed by atoms with van der Waals surface area (Å²) in [5.74, 6) is 0.775. The minimum absolute atomic E-state index is 0.208. The Kier molecular flexibility index (Phi) is 4.16. The van der Waals surface area contributed by atoms with E-state index in [0.29, 0.717) is 0 Å². The van der Waals surface area contributed by atoms with Crippen LogP contribution in [0.1, 0.15) is 0 Å². The summed E-state index contributed by atoms with van der Waals surface area (Å²) in [7, 11) is 0.933. The Bertz CT molecular complexity index is 360. The number of carbonyl (C=O) groups is 1. The smallest absolute Gasteiger partial charge is 0.253 e. The molecule has 5 heteroatoms. The predicted molar refractivity (Wildman–Crippen MR) is 62.8 cm³/mol. The first-order valence-corrected chi connectivity index (χ1v) is 5.92. The minimum atomic E-state index is -0.672. The Hall–Kier alpha value is -0.810. The molecule has 0 aliphatic rings. The van der Waals surface area contributed by atoms with Gasteiger partial charge in [0.05, 0.1) is 12.8 Å². The van der Waals surface area contributed by atoms with Crippen molar-refractivity contribution < 1.29 is 9.53 Å². The first kappa shape index (κ1) is 11.3. The molecule has 0 N–H and O–H groups in total. The molecule has 14 heavy (non-hydrogen) atoms. The van der Waals surface area contributed by atoms with Gasteiger partial charge < -0.3 is 4.74 Å². The number of hydrogen-bond donors (Lipinski definition) is 1. The van der Waals surface area contributed by atoms with Gasteiger partial charge in [0.15, 0.2) is 0 Å². The predicted octanol–water partition coefficient (Wildman–Crippen LogP) is 2.81. The zero-order chi connectivity index (χ0) is 10.6. The van der Waals surface area contributed by atoms with Crippen LogP contribution in [0.25, 0.3) is 0 Å². The van der Waals surface area contributed by atoms with E-state index in [2.05, 4.69) is 17.0 Å². The van der Waals surface area contributed by atoms with Crippen molar-refractivity contribution in [1.29, 1.82) is 0 Å². The molecule has 1 unspecified atom stereocenters.